The molecule has 10 heteroatoms. The first kappa shape index (κ1) is 36.7. The van der Waals surface area contributed by atoms with Crippen molar-refractivity contribution in [2.75, 3.05) is 6.61 Å². The summed E-state index contributed by atoms with van der Waals surface area (Å²) in [4.78, 5) is 12.6. The maximum Gasteiger partial charge on any atom is 0.302 e. The first-order valence-corrected chi connectivity index (χ1v) is 18.4. The van der Waals surface area contributed by atoms with Crippen LogP contribution in [0, 0.1) is 56.7 Å². The van der Waals surface area contributed by atoms with Gasteiger partial charge in [-0.05, 0) is 95.2 Å². The zero-order valence-electron chi connectivity index (χ0n) is 30.4. The van der Waals surface area contributed by atoms with Crippen LogP contribution >= 0.6 is 0 Å². The Labute approximate surface area is 286 Å². The number of hydrogen-bond acceptors (Lipinski definition) is 10. The van der Waals surface area contributed by atoms with Gasteiger partial charge < -0.3 is 44.8 Å². The Bertz CT molecular complexity index is 1280. The van der Waals surface area contributed by atoms with E-state index < -0.39 is 73.1 Å². The summed E-state index contributed by atoms with van der Waals surface area (Å²) >= 11 is 0. The highest BCUT2D eigenvalue weighted by molar-refractivity contribution is 5.66. The lowest BCUT2D eigenvalue weighted by molar-refractivity contribution is -0.336. The third kappa shape index (κ3) is 4.90. The van der Waals surface area contributed by atoms with E-state index in [0.29, 0.717) is 6.42 Å². The van der Waals surface area contributed by atoms with E-state index >= 15 is 0 Å². The molecule has 10 nitrogen and oxygen atoms in total. The SMILES string of the molecule is CC(=O)O[C@@H]1C[C@@]2(C)C3=CC[C@@]4(C)[C@@H]5[C@H](O)[C@H](O)[C@@H](C(C)C)[C@]5(C)CC[C@]4(C)[C@@H]3CC[C@H]2C(C)(C)[C@H]1O[C@H]1O[C@@H](CO)[C@H](O)[C@@H](O)[C@@H]1O. The Morgan fingerprint density at radius 2 is 1.58 bits per heavy atom. The van der Waals surface area contributed by atoms with Crippen LogP contribution in [-0.4, -0.2) is 98.3 Å². The topological polar surface area (TPSA) is 166 Å². The molecule has 48 heavy (non-hydrogen) atoms. The Balaban J connectivity index is 1.36. The highest BCUT2D eigenvalue weighted by Gasteiger charge is 2.73. The van der Waals surface area contributed by atoms with Crippen LogP contribution in [0.1, 0.15) is 101 Å². The van der Waals surface area contributed by atoms with Crippen molar-refractivity contribution in [2.45, 2.75) is 156 Å². The van der Waals surface area contributed by atoms with Gasteiger partial charge in [0.2, 0.25) is 0 Å². The van der Waals surface area contributed by atoms with Crippen LogP contribution in [0.25, 0.3) is 0 Å². The van der Waals surface area contributed by atoms with Crippen LogP contribution in [0.2, 0.25) is 0 Å². The number of carbonyl (C=O) groups is 1. The summed E-state index contributed by atoms with van der Waals surface area (Å²) in [5.41, 5.74) is 0.0207. The number of fused-ring (bicyclic) bond motifs is 7. The lowest BCUT2D eigenvalue weighted by Crippen LogP contribution is -2.66. The van der Waals surface area contributed by atoms with E-state index in [1.54, 1.807) is 0 Å². The van der Waals surface area contributed by atoms with E-state index in [-0.39, 0.29) is 51.2 Å². The molecule has 4 saturated carbocycles. The van der Waals surface area contributed by atoms with Gasteiger partial charge >= 0.3 is 5.97 Å². The monoisotopic (exact) mass is 678 g/mol. The molecule has 0 amide bonds. The van der Waals surface area contributed by atoms with Gasteiger partial charge in [0.05, 0.1) is 18.8 Å². The molecule has 0 spiro atoms. The lowest BCUT2D eigenvalue weighted by Gasteiger charge is -2.69. The molecule has 6 rings (SSSR count). The molecule has 5 aliphatic carbocycles. The van der Waals surface area contributed by atoms with Crippen molar-refractivity contribution >= 4 is 5.97 Å². The van der Waals surface area contributed by atoms with Crippen LogP contribution in [0.4, 0.5) is 0 Å². The molecule has 274 valence electrons. The first-order chi connectivity index (χ1) is 22.2. The van der Waals surface area contributed by atoms with Crippen molar-refractivity contribution in [2.24, 2.45) is 56.7 Å². The molecule has 0 unspecified atom stereocenters. The molecule has 6 N–H and O–H groups in total. The van der Waals surface area contributed by atoms with E-state index in [1.807, 2.05) is 0 Å². The molecular weight excluding hydrogens is 616 g/mol. The molecule has 0 aromatic carbocycles. The Hall–Kier alpha value is -1.11. The third-order valence-corrected chi connectivity index (χ3v) is 15.5. The number of aliphatic hydroxyl groups excluding tert-OH is 6. The van der Waals surface area contributed by atoms with Gasteiger partial charge in [-0.3, -0.25) is 4.79 Å². The number of rotatable bonds is 5. The van der Waals surface area contributed by atoms with E-state index in [2.05, 4.69) is 61.5 Å². The summed E-state index contributed by atoms with van der Waals surface area (Å²) < 4.78 is 18.3. The molecule has 1 aliphatic heterocycles. The molecule has 1 heterocycles. The Morgan fingerprint density at radius 1 is 0.917 bits per heavy atom. The van der Waals surface area contributed by atoms with Gasteiger partial charge in [0.25, 0.3) is 0 Å². The van der Waals surface area contributed by atoms with Crippen molar-refractivity contribution in [1.82, 2.24) is 0 Å². The minimum absolute atomic E-state index is 0.0256. The number of hydrogen-bond donors (Lipinski definition) is 6. The van der Waals surface area contributed by atoms with Crippen molar-refractivity contribution in [3.63, 3.8) is 0 Å². The summed E-state index contributed by atoms with van der Waals surface area (Å²) in [6.07, 6.45) is -2.37. The van der Waals surface area contributed by atoms with Gasteiger partial charge in [-0.2, -0.15) is 0 Å². The average Bonchev–Trinajstić information content (AvgIpc) is 3.20. The molecule has 6 aliphatic rings. The summed E-state index contributed by atoms with van der Waals surface area (Å²) in [6.45, 7) is 18.8. The Kier molecular flexibility index (Phi) is 9.15. The van der Waals surface area contributed by atoms with Gasteiger partial charge in [-0.1, -0.05) is 67.0 Å². The number of allylic oxidation sites excluding steroid dienone is 2. The molecule has 0 aromatic rings. The number of esters is 1. The smallest absolute Gasteiger partial charge is 0.302 e. The third-order valence-electron chi connectivity index (χ3n) is 15.5. The van der Waals surface area contributed by atoms with Crippen molar-refractivity contribution < 1.29 is 49.6 Å². The average molecular weight is 679 g/mol. The fourth-order valence-electron chi connectivity index (χ4n) is 13.4. The predicted octanol–water partition coefficient (Wildman–Crippen LogP) is 3.33. The Morgan fingerprint density at radius 3 is 2.19 bits per heavy atom. The predicted molar refractivity (Wildman–Crippen MR) is 177 cm³/mol. The van der Waals surface area contributed by atoms with Crippen LogP contribution in [0.5, 0.6) is 0 Å². The van der Waals surface area contributed by atoms with Gasteiger partial charge in [0, 0.05) is 6.92 Å². The van der Waals surface area contributed by atoms with Gasteiger partial charge in [-0.15, -0.1) is 0 Å². The number of ether oxygens (including phenoxy) is 3. The molecule has 0 aromatic heterocycles. The van der Waals surface area contributed by atoms with Crippen LogP contribution < -0.4 is 0 Å². The van der Waals surface area contributed by atoms with E-state index in [0.717, 1.165) is 32.1 Å². The van der Waals surface area contributed by atoms with Crippen molar-refractivity contribution in [3.05, 3.63) is 11.6 Å². The minimum Gasteiger partial charge on any atom is -0.460 e. The largest absolute Gasteiger partial charge is 0.460 e. The van der Waals surface area contributed by atoms with Crippen LogP contribution in [0.3, 0.4) is 0 Å². The fourth-order valence-corrected chi connectivity index (χ4v) is 13.4. The second-order valence-corrected chi connectivity index (χ2v) is 18.5. The second-order valence-electron chi connectivity index (χ2n) is 18.5. The van der Waals surface area contributed by atoms with Crippen LogP contribution in [0.15, 0.2) is 11.6 Å². The van der Waals surface area contributed by atoms with Crippen molar-refractivity contribution in [3.8, 4) is 0 Å². The lowest BCUT2D eigenvalue weighted by atomic mass is 9.35. The quantitative estimate of drug-likeness (QED) is 0.144. The van der Waals surface area contributed by atoms with Gasteiger partial charge in [-0.25, -0.2) is 0 Å². The maximum atomic E-state index is 12.6. The van der Waals surface area contributed by atoms with E-state index in [1.165, 1.54) is 12.5 Å². The first-order valence-electron chi connectivity index (χ1n) is 18.4. The molecule has 1 saturated heterocycles. The van der Waals surface area contributed by atoms with E-state index in [9.17, 15) is 35.4 Å². The van der Waals surface area contributed by atoms with Crippen LogP contribution in [-0.2, 0) is 19.0 Å². The van der Waals surface area contributed by atoms with E-state index in [4.69, 9.17) is 14.2 Å². The van der Waals surface area contributed by atoms with Crippen molar-refractivity contribution in [1.29, 1.82) is 0 Å². The number of carbonyl (C=O) groups excluding carboxylic acids is 1. The molecule has 5 fully saturated rings. The minimum atomic E-state index is -1.57. The maximum absolute atomic E-state index is 12.6. The standard InChI is InChI=1S/C38H62O10/c1-18(2)25-27(42)29(44)31-35(25,6)14-15-37(8)21-10-11-24-34(4,5)32(48-33-30(45)28(43)26(41)23(17-39)47-33)22(46-19(3)40)16-36(24,7)20(21)12-13-38(31,37)9/h12,18,21-33,39,41-45H,10-11,13-17H2,1-9H3/t21-,22-,23+,24+,25-,26+,27-,28-,29-,30+,31-,32+,33-,35+,36+,37-,38+/m1/s1. The molecule has 0 bridgehead atoms. The number of aliphatic hydroxyl groups is 6. The molecule has 17 atom stereocenters. The summed E-state index contributed by atoms with van der Waals surface area (Å²) in [7, 11) is 0. The summed E-state index contributed by atoms with van der Waals surface area (Å²) in [6, 6.07) is 0. The molecular formula is C38H62O10. The highest BCUT2D eigenvalue weighted by Crippen LogP contribution is 2.76. The van der Waals surface area contributed by atoms with Gasteiger partial charge in [0.15, 0.2) is 6.29 Å². The zero-order valence-corrected chi connectivity index (χ0v) is 30.4. The normalized spacial score (nSPS) is 54.4. The zero-order chi connectivity index (χ0) is 35.5. The second kappa shape index (κ2) is 12.0. The molecule has 0 radical (unpaired) electrons. The fraction of sp³-hybridized carbons (Fsp3) is 0.921. The summed E-state index contributed by atoms with van der Waals surface area (Å²) in [5, 5.41) is 64.7. The van der Waals surface area contributed by atoms with Gasteiger partial charge in [0.1, 0.15) is 36.6 Å². The summed E-state index contributed by atoms with van der Waals surface area (Å²) in [5.74, 6) is 0.234. The highest BCUT2D eigenvalue weighted by atomic mass is 16.7.